The van der Waals surface area contributed by atoms with E-state index in [4.69, 9.17) is 10.7 Å². The van der Waals surface area contributed by atoms with Gasteiger partial charge in [0.1, 0.15) is 5.01 Å². The van der Waals surface area contributed by atoms with E-state index in [1.807, 2.05) is 0 Å². The van der Waals surface area contributed by atoms with Crippen LogP contribution in [0.3, 0.4) is 0 Å². The summed E-state index contributed by atoms with van der Waals surface area (Å²) in [6, 6.07) is 31.4. The van der Waals surface area contributed by atoms with Gasteiger partial charge in [-0.15, -0.1) is 11.3 Å². The van der Waals surface area contributed by atoms with Gasteiger partial charge in [0.05, 0.1) is 10.2 Å². The second-order valence-electron chi connectivity index (χ2n) is 10.7. The third kappa shape index (κ3) is 3.75. The highest BCUT2D eigenvalue weighted by Gasteiger charge is 2.41. The second kappa shape index (κ2) is 9.48. The molecule has 0 fully saturated rings. The molecule has 1 aromatic heterocycles. The highest BCUT2D eigenvalue weighted by Crippen LogP contribution is 2.54. The molecule has 0 aliphatic heterocycles. The molecule has 0 amide bonds. The molecule has 1 heterocycles. The van der Waals surface area contributed by atoms with Gasteiger partial charge in [0, 0.05) is 16.5 Å². The van der Waals surface area contributed by atoms with E-state index in [1.165, 1.54) is 49.2 Å². The predicted molar refractivity (Wildman–Crippen MR) is 164 cm³/mol. The van der Waals surface area contributed by atoms with Crippen molar-refractivity contribution in [3.63, 3.8) is 0 Å². The van der Waals surface area contributed by atoms with Crippen LogP contribution < -0.4 is 5.73 Å². The first-order chi connectivity index (χ1) is 18.5. The number of thiazole rings is 1. The van der Waals surface area contributed by atoms with E-state index in [9.17, 15) is 0 Å². The first-order valence-electron chi connectivity index (χ1n) is 14.0. The quantitative estimate of drug-likeness (QED) is 0.234. The van der Waals surface area contributed by atoms with Crippen LogP contribution in [-0.4, -0.2) is 4.98 Å². The van der Waals surface area contributed by atoms with Gasteiger partial charge in [-0.05, 0) is 88.9 Å². The number of hydrogen-bond acceptors (Lipinski definition) is 3. The van der Waals surface area contributed by atoms with Crippen molar-refractivity contribution in [1.82, 2.24) is 4.98 Å². The van der Waals surface area contributed by atoms with Gasteiger partial charge in [0.25, 0.3) is 0 Å². The number of hydrogen-bond donors (Lipinski definition) is 1. The van der Waals surface area contributed by atoms with Crippen LogP contribution in [0.15, 0.2) is 84.9 Å². The molecule has 4 aromatic carbocycles. The molecule has 1 aliphatic rings. The largest absolute Gasteiger partial charge is 0.321 e. The first-order valence-corrected chi connectivity index (χ1v) is 14.8. The van der Waals surface area contributed by atoms with Crippen molar-refractivity contribution >= 4 is 21.6 Å². The van der Waals surface area contributed by atoms with Crippen molar-refractivity contribution in [3.8, 4) is 32.8 Å². The van der Waals surface area contributed by atoms with E-state index in [1.54, 1.807) is 11.3 Å². The molecule has 0 bridgehead atoms. The van der Waals surface area contributed by atoms with Gasteiger partial charge >= 0.3 is 0 Å². The Labute approximate surface area is 230 Å². The first kappa shape index (κ1) is 25.0. The molecule has 2 nitrogen and oxygen atoms in total. The Bertz CT molecular complexity index is 1590. The molecule has 1 aliphatic carbocycles. The maximum atomic E-state index is 6.67. The van der Waals surface area contributed by atoms with Crippen LogP contribution in [0.2, 0.25) is 0 Å². The molecule has 0 spiro atoms. The molecule has 0 radical (unpaired) electrons. The zero-order chi connectivity index (χ0) is 26.5. The topological polar surface area (TPSA) is 38.9 Å². The molecule has 0 saturated carbocycles. The van der Waals surface area contributed by atoms with Crippen molar-refractivity contribution in [1.29, 1.82) is 0 Å². The SMILES string of the molecule is CCC(N)(CC)c1ccc(-c2ccc3c(c2)C(CC)(CC)c2cc(-c4nc5ccccc5s4)ccc2-3)cc1. The van der Waals surface area contributed by atoms with Crippen molar-refractivity contribution < 1.29 is 0 Å². The van der Waals surface area contributed by atoms with Gasteiger partial charge in [-0.2, -0.15) is 0 Å². The van der Waals surface area contributed by atoms with Crippen molar-refractivity contribution in [3.05, 3.63) is 102 Å². The second-order valence-corrected chi connectivity index (χ2v) is 11.8. The van der Waals surface area contributed by atoms with Crippen LogP contribution in [-0.2, 0) is 11.0 Å². The van der Waals surface area contributed by atoms with Crippen LogP contribution in [0.25, 0.3) is 43.0 Å². The third-order valence-corrected chi connectivity index (χ3v) is 10.2. The summed E-state index contributed by atoms with van der Waals surface area (Å²) in [5.41, 5.74) is 18.1. The van der Waals surface area contributed by atoms with Gasteiger partial charge < -0.3 is 5.73 Å². The lowest BCUT2D eigenvalue weighted by molar-refractivity contribution is 0.413. The van der Waals surface area contributed by atoms with Crippen molar-refractivity contribution in [2.75, 3.05) is 0 Å². The summed E-state index contributed by atoms with van der Waals surface area (Å²) in [5.74, 6) is 0. The van der Waals surface area contributed by atoms with Crippen LogP contribution in [0.5, 0.6) is 0 Å². The lowest BCUT2D eigenvalue weighted by atomic mass is 9.73. The Hall–Kier alpha value is -3.27. The van der Waals surface area contributed by atoms with E-state index in [2.05, 4.69) is 113 Å². The fraction of sp³-hybridized carbons (Fsp3) is 0.286. The third-order valence-electron chi connectivity index (χ3n) is 9.16. The number of nitrogens with two attached hydrogens (primary N) is 1. The maximum absolute atomic E-state index is 6.67. The summed E-state index contributed by atoms with van der Waals surface area (Å²) in [6.07, 6.45) is 4.01. The van der Waals surface area contributed by atoms with Gasteiger partial charge in [-0.3, -0.25) is 0 Å². The minimum Gasteiger partial charge on any atom is -0.321 e. The van der Waals surface area contributed by atoms with E-state index < -0.39 is 0 Å². The summed E-state index contributed by atoms with van der Waals surface area (Å²) >= 11 is 1.78. The van der Waals surface area contributed by atoms with Crippen LogP contribution in [0.4, 0.5) is 0 Å². The van der Waals surface area contributed by atoms with Crippen LogP contribution in [0.1, 0.15) is 70.1 Å². The average molecular weight is 517 g/mol. The summed E-state index contributed by atoms with van der Waals surface area (Å²) in [4.78, 5) is 4.96. The average Bonchev–Trinajstić information content (AvgIpc) is 3.53. The Kier molecular flexibility index (Phi) is 6.25. The Morgan fingerprint density at radius 1 is 0.711 bits per heavy atom. The van der Waals surface area contributed by atoms with E-state index in [0.29, 0.717) is 0 Å². The van der Waals surface area contributed by atoms with Gasteiger partial charge in [0.2, 0.25) is 0 Å². The molecule has 0 saturated heterocycles. The molecule has 5 aromatic rings. The molecule has 0 unspecified atom stereocenters. The smallest absolute Gasteiger partial charge is 0.124 e. The summed E-state index contributed by atoms with van der Waals surface area (Å²) in [6.45, 7) is 9.02. The molecule has 192 valence electrons. The number of nitrogens with zero attached hydrogens (tertiary/aromatic N) is 1. The monoisotopic (exact) mass is 516 g/mol. The number of rotatable bonds is 7. The predicted octanol–water partition coefficient (Wildman–Crippen LogP) is 9.69. The molecular formula is C35H36N2S. The molecule has 6 rings (SSSR count). The normalized spacial score (nSPS) is 14.0. The standard InChI is InChI=1S/C35H36N2S/c1-5-34(6-2)29-21-24(23-13-17-26(18-14-23)35(36,7-3)8-4)15-19-27(29)28-20-16-25(22-30(28)34)33-37-31-11-9-10-12-32(31)38-33/h9-22H,5-8,36H2,1-4H3. The lowest BCUT2D eigenvalue weighted by Gasteiger charge is -2.30. The highest BCUT2D eigenvalue weighted by atomic mass is 32.1. The fourth-order valence-corrected chi connectivity index (χ4v) is 7.43. The van der Waals surface area contributed by atoms with Crippen LogP contribution in [0, 0.1) is 0 Å². The minimum absolute atomic E-state index is 0.00411. The van der Waals surface area contributed by atoms with Gasteiger partial charge in [-0.25, -0.2) is 4.98 Å². The van der Waals surface area contributed by atoms with Crippen molar-refractivity contribution in [2.45, 2.75) is 64.3 Å². The molecular weight excluding hydrogens is 480 g/mol. The molecule has 0 atom stereocenters. The number of para-hydroxylation sites is 1. The molecule has 3 heteroatoms. The number of aromatic nitrogens is 1. The summed E-state index contributed by atoms with van der Waals surface area (Å²) in [5, 5.41) is 1.10. The Balaban J connectivity index is 1.43. The van der Waals surface area contributed by atoms with E-state index >= 15 is 0 Å². The van der Waals surface area contributed by atoms with E-state index in [0.717, 1.165) is 36.2 Å². The van der Waals surface area contributed by atoms with Gasteiger partial charge in [-0.1, -0.05) is 88.4 Å². The Morgan fingerprint density at radius 3 is 1.89 bits per heavy atom. The van der Waals surface area contributed by atoms with Gasteiger partial charge in [0.15, 0.2) is 0 Å². The number of fused-ring (bicyclic) bond motifs is 4. The molecule has 2 N–H and O–H groups in total. The maximum Gasteiger partial charge on any atom is 0.124 e. The zero-order valence-corrected chi connectivity index (χ0v) is 23.7. The summed E-state index contributed by atoms with van der Waals surface area (Å²) < 4.78 is 1.24. The minimum atomic E-state index is -0.251. The van der Waals surface area contributed by atoms with Crippen molar-refractivity contribution in [2.24, 2.45) is 5.73 Å². The fourth-order valence-electron chi connectivity index (χ4n) is 6.47. The highest BCUT2D eigenvalue weighted by molar-refractivity contribution is 7.21. The van der Waals surface area contributed by atoms with E-state index in [-0.39, 0.29) is 11.0 Å². The Morgan fingerprint density at radius 2 is 1.29 bits per heavy atom. The van der Waals surface area contributed by atoms with Crippen LogP contribution >= 0.6 is 11.3 Å². The summed E-state index contributed by atoms with van der Waals surface area (Å²) in [7, 11) is 0. The zero-order valence-electron chi connectivity index (χ0n) is 22.8. The number of benzene rings is 4. The lowest BCUT2D eigenvalue weighted by Crippen LogP contribution is -2.34. The molecule has 38 heavy (non-hydrogen) atoms.